The van der Waals surface area contributed by atoms with Crippen molar-refractivity contribution in [3.05, 3.63) is 95.8 Å². The van der Waals surface area contributed by atoms with Crippen LogP contribution in [0.2, 0.25) is 0 Å². The molecular weight excluding hydrogens is 379 g/mol. The molecular formula is C21H19FN2O3S. The van der Waals surface area contributed by atoms with E-state index < -0.39 is 21.7 Å². The Morgan fingerprint density at radius 1 is 0.893 bits per heavy atom. The molecule has 2 N–H and O–H groups in total. The molecule has 0 bridgehead atoms. The van der Waals surface area contributed by atoms with E-state index >= 15 is 0 Å². The van der Waals surface area contributed by atoms with Gasteiger partial charge in [-0.25, -0.2) is 17.5 Å². The van der Waals surface area contributed by atoms with Gasteiger partial charge in [0, 0.05) is 17.8 Å². The maximum atomic E-state index is 13.0. The Morgan fingerprint density at radius 3 is 2.32 bits per heavy atom. The Bertz CT molecular complexity index is 1050. The van der Waals surface area contributed by atoms with Gasteiger partial charge in [-0.2, -0.15) is 0 Å². The summed E-state index contributed by atoms with van der Waals surface area (Å²) in [4.78, 5) is 12.4. The van der Waals surface area contributed by atoms with Gasteiger partial charge < -0.3 is 5.32 Å². The van der Waals surface area contributed by atoms with Crippen LogP contribution in [0, 0.1) is 5.82 Å². The first kappa shape index (κ1) is 19.7. The fourth-order valence-corrected chi connectivity index (χ4v) is 3.68. The second-order valence-electron chi connectivity index (χ2n) is 6.12. The highest BCUT2D eigenvalue weighted by molar-refractivity contribution is 7.89. The monoisotopic (exact) mass is 398 g/mol. The normalized spacial score (nSPS) is 11.2. The summed E-state index contributed by atoms with van der Waals surface area (Å²) in [5, 5.41) is 2.61. The van der Waals surface area contributed by atoms with Gasteiger partial charge in [-0.3, -0.25) is 4.79 Å². The van der Waals surface area contributed by atoms with Crippen LogP contribution in [0.5, 0.6) is 0 Å². The molecule has 0 atom stereocenters. The molecule has 0 aromatic heterocycles. The molecule has 1 amide bonds. The summed E-state index contributed by atoms with van der Waals surface area (Å²) in [6.45, 7) is 0.248. The minimum absolute atomic E-state index is 0.00678. The van der Waals surface area contributed by atoms with E-state index in [0.717, 1.165) is 5.56 Å². The molecule has 7 heteroatoms. The molecule has 3 aromatic rings. The number of amides is 1. The van der Waals surface area contributed by atoms with Crippen LogP contribution < -0.4 is 10.0 Å². The van der Waals surface area contributed by atoms with Crippen LogP contribution in [0.25, 0.3) is 0 Å². The van der Waals surface area contributed by atoms with Crippen molar-refractivity contribution in [3.8, 4) is 0 Å². The lowest BCUT2D eigenvalue weighted by molar-refractivity contribution is 0.102. The predicted molar refractivity (Wildman–Crippen MR) is 106 cm³/mol. The molecule has 0 radical (unpaired) electrons. The van der Waals surface area contributed by atoms with Gasteiger partial charge in [0.05, 0.1) is 4.90 Å². The lowest BCUT2D eigenvalue weighted by Crippen LogP contribution is -2.26. The van der Waals surface area contributed by atoms with Crippen molar-refractivity contribution in [1.82, 2.24) is 4.72 Å². The fraction of sp³-hybridized carbons (Fsp3) is 0.0952. The zero-order chi connectivity index (χ0) is 20.0. The molecule has 0 saturated heterocycles. The minimum atomic E-state index is -3.74. The van der Waals surface area contributed by atoms with Crippen LogP contribution in [0.4, 0.5) is 10.1 Å². The summed E-state index contributed by atoms with van der Waals surface area (Å²) in [6.07, 6.45) is 0.560. The molecule has 0 unspecified atom stereocenters. The number of rotatable bonds is 7. The number of nitrogens with one attached hydrogen (secondary N) is 2. The number of benzene rings is 3. The number of hydrogen-bond donors (Lipinski definition) is 2. The smallest absolute Gasteiger partial charge is 0.255 e. The second-order valence-corrected chi connectivity index (χ2v) is 7.89. The molecule has 0 fully saturated rings. The molecule has 0 aliphatic rings. The summed E-state index contributed by atoms with van der Waals surface area (Å²) in [6, 6.07) is 20.6. The zero-order valence-corrected chi connectivity index (χ0v) is 15.7. The Kier molecular flexibility index (Phi) is 6.18. The highest BCUT2D eigenvalue weighted by Gasteiger charge is 2.16. The third-order valence-electron chi connectivity index (χ3n) is 4.06. The third-order valence-corrected chi connectivity index (χ3v) is 5.52. The quantitative estimate of drug-likeness (QED) is 0.639. The third kappa shape index (κ3) is 5.25. The molecule has 0 spiro atoms. The van der Waals surface area contributed by atoms with Crippen molar-refractivity contribution in [2.24, 2.45) is 0 Å². The average Bonchev–Trinajstić information content (AvgIpc) is 2.70. The molecule has 5 nitrogen and oxygen atoms in total. The van der Waals surface area contributed by atoms with Crippen molar-refractivity contribution < 1.29 is 17.6 Å². The molecule has 0 aliphatic heterocycles. The minimum Gasteiger partial charge on any atom is -0.322 e. The van der Waals surface area contributed by atoms with Crippen molar-refractivity contribution in [1.29, 1.82) is 0 Å². The van der Waals surface area contributed by atoms with E-state index in [4.69, 9.17) is 0 Å². The highest BCUT2D eigenvalue weighted by Crippen LogP contribution is 2.15. The fourth-order valence-electron chi connectivity index (χ4n) is 2.60. The summed E-state index contributed by atoms with van der Waals surface area (Å²) in [5.74, 6) is -0.888. The van der Waals surface area contributed by atoms with Crippen molar-refractivity contribution in [2.45, 2.75) is 11.3 Å². The second kappa shape index (κ2) is 8.77. The molecule has 3 rings (SSSR count). The summed E-state index contributed by atoms with van der Waals surface area (Å²) < 4.78 is 40.5. The number of sulfonamides is 1. The first-order valence-electron chi connectivity index (χ1n) is 8.65. The summed E-state index contributed by atoms with van der Waals surface area (Å²) in [7, 11) is -3.74. The van der Waals surface area contributed by atoms with Crippen molar-refractivity contribution >= 4 is 21.6 Å². The number of anilines is 1. The van der Waals surface area contributed by atoms with E-state index in [1.54, 1.807) is 0 Å². The van der Waals surface area contributed by atoms with Crippen LogP contribution in [0.15, 0.2) is 83.8 Å². The maximum Gasteiger partial charge on any atom is 0.255 e. The van der Waals surface area contributed by atoms with Crippen LogP contribution in [-0.2, 0) is 16.4 Å². The Labute approximate surface area is 163 Å². The van der Waals surface area contributed by atoms with Gasteiger partial charge in [0.2, 0.25) is 10.0 Å². The van der Waals surface area contributed by atoms with Crippen LogP contribution in [-0.4, -0.2) is 20.9 Å². The first-order valence-corrected chi connectivity index (χ1v) is 10.1. The predicted octanol–water partition coefficient (Wildman–Crippen LogP) is 3.60. The van der Waals surface area contributed by atoms with Gasteiger partial charge in [-0.1, -0.05) is 36.4 Å². The van der Waals surface area contributed by atoms with Gasteiger partial charge in [0.25, 0.3) is 5.91 Å². The van der Waals surface area contributed by atoms with Gasteiger partial charge in [-0.15, -0.1) is 0 Å². The van der Waals surface area contributed by atoms with Crippen LogP contribution >= 0.6 is 0 Å². The highest BCUT2D eigenvalue weighted by atomic mass is 32.2. The van der Waals surface area contributed by atoms with Crippen molar-refractivity contribution in [2.75, 3.05) is 11.9 Å². The van der Waals surface area contributed by atoms with Crippen LogP contribution in [0.3, 0.4) is 0 Å². The van der Waals surface area contributed by atoms with Gasteiger partial charge in [0.1, 0.15) is 5.82 Å². The van der Waals surface area contributed by atoms with Crippen molar-refractivity contribution in [3.63, 3.8) is 0 Å². The largest absolute Gasteiger partial charge is 0.322 e. The van der Waals surface area contributed by atoms with E-state index in [2.05, 4.69) is 10.0 Å². The Balaban J connectivity index is 1.67. The van der Waals surface area contributed by atoms with E-state index in [1.165, 1.54) is 48.5 Å². The van der Waals surface area contributed by atoms with E-state index in [9.17, 15) is 17.6 Å². The summed E-state index contributed by atoms with van der Waals surface area (Å²) >= 11 is 0. The molecule has 144 valence electrons. The van der Waals surface area contributed by atoms with Gasteiger partial charge in [0.15, 0.2) is 0 Å². The first-order chi connectivity index (χ1) is 13.4. The van der Waals surface area contributed by atoms with E-state index in [0.29, 0.717) is 12.1 Å². The number of carbonyl (C=O) groups is 1. The lowest BCUT2D eigenvalue weighted by Gasteiger charge is -2.09. The maximum absolute atomic E-state index is 13.0. The molecule has 0 heterocycles. The standard InChI is InChI=1S/C21H19FN2O3S/c22-18-9-11-19(12-10-18)24-21(25)17-7-4-8-20(15-17)28(26,27)23-14-13-16-5-2-1-3-6-16/h1-12,15,23H,13-14H2,(H,24,25). The van der Waals surface area contributed by atoms with Gasteiger partial charge >= 0.3 is 0 Å². The average molecular weight is 398 g/mol. The molecule has 0 aliphatic carbocycles. The molecule has 0 saturated carbocycles. The van der Waals surface area contributed by atoms with E-state index in [-0.39, 0.29) is 17.0 Å². The Morgan fingerprint density at radius 2 is 1.61 bits per heavy atom. The number of hydrogen-bond acceptors (Lipinski definition) is 3. The van der Waals surface area contributed by atoms with Crippen LogP contribution in [0.1, 0.15) is 15.9 Å². The topological polar surface area (TPSA) is 75.3 Å². The number of carbonyl (C=O) groups excluding carboxylic acids is 1. The SMILES string of the molecule is O=C(Nc1ccc(F)cc1)c1cccc(S(=O)(=O)NCCc2ccccc2)c1. The number of halogens is 1. The van der Waals surface area contributed by atoms with E-state index in [1.807, 2.05) is 30.3 Å². The Hall–Kier alpha value is -3.03. The summed E-state index contributed by atoms with van der Waals surface area (Å²) in [5.41, 5.74) is 1.63. The zero-order valence-electron chi connectivity index (χ0n) is 14.9. The molecule has 28 heavy (non-hydrogen) atoms. The lowest BCUT2D eigenvalue weighted by atomic mass is 10.2. The van der Waals surface area contributed by atoms with Gasteiger partial charge in [-0.05, 0) is 54.4 Å². The molecule has 3 aromatic carbocycles.